The molecule has 5 nitrogen and oxygen atoms in total. The van der Waals surface area contributed by atoms with Crippen LogP contribution < -0.4 is 5.32 Å². The monoisotopic (exact) mass is 408 g/mol. The first-order valence-corrected chi connectivity index (χ1v) is 9.65. The van der Waals surface area contributed by atoms with Crippen LogP contribution in [0.2, 0.25) is 10.0 Å². The SMILES string of the molecule is O=C(Cc1ccc(Cl)c(Cl)c1)NC(CN1CCCC1)c1ccc(O)c(O)c1. The molecular weight excluding hydrogens is 387 g/mol. The lowest BCUT2D eigenvalue weighted by molar-refractivity contribution is -0.121. The summed E-state index contributed by atoms with van der Waals surface area (Å²) in [7, 11) is 0. The van der Waals surface area contributed by atoms with E-state index in [1.165, 1.54) is 12.1 Å². The molecule has 0 bridgehead atoms. The van der Waals surface area contributed by atoms with E-state index in [0.717, 1.165) is 37.1 Å². The minimum Gasteiger partial charge on any atom is -0.504 e. The Hall–Kier alpha value is -1.95. The second kappa shape index (κ2) is 8.83. The van der Waals surface area contributed by atoms with Gasteiger partial charge >= 0.3 is 0 Å². The summed E-state index contributed by atoms with van der Waals surface area (Å²) in [6, 6.07) is 9.50. The number of benzene rings is 2. The number of phenols is 2. The molecule has 1 saturated heterocycles. The Morgan fingerprint density at radius 3 is 2.44 bits per heavy atom. The summed E-state index contributed by atoms with van der Waals surface area (Å²) in [4.78, 5) is 14.9. The molecule has 0 aliphatic carbocycles. The van der Waals surface area contributed by atoms with Crippen LogP contribution in [0.1, 0.15) is 30.0 Å². The highest BCUT2D eigenvalue weighted by molar-refractivity contribution is 6.42. The van der Waals surface area contributed by atoms with Crippen LogP contribution in [0.4, 0.5) is 0 Å². The number of hydrogen-bond acceptors (Lipinski definition) is 4. The third-order valence-electron chi connectivity index (χ3n) is 4.73. The maximum Gasteiger partial charge on any atom is 0.224 e. The van der Waals surface area contributed by atoms with Crippen molar-refractivity contribution in [3.8, 4) is 11.5 Å². The molecular formula is C20H22Cl2N2O3. The van der Waals surface area contributed by atoms with Crippen molar-refractivity contribution in [2.75, 3.05) is 19.6 Å². The molecule has 1 aliphatic heterocycles. The van der Waals surface area contributed by atoms with Crippen LogP contribution in [0, 0.1) is 0 Å². The molecule has 1 fully saturated rings. The quantitative estimate of drug-likeness (QED) is 0.633. The van der Waals surface area contributed by atoms with Crippen molar-refractivity contribution in [1.82, 2.24) is 10.2 Å². The first kappa shape index (κ1) is 19.8. The molecule has 7 heteroatoms. The predicted molar refractivity (Wildman–Crippen MR) is 106 cm³/mol. The first-order valence-electron chi connectivity index (χ1n) is 8.90. The number of amides is 1. The van der Waals surface area contributed by atoms with Crippen LogP contribution in [0.5, 0.6) is 11.5 Å². The largest absolute Gasteiger partial charge is 0.504 e. The molecule has 2 aromatic rings. The van der Waals surface area contributed by atoms with Crippen LogP contribution in [0.15, 0.2) is 36.4 Å². The zero-order chi connectivity index (χ0) is 19.4. The molecule has 2 aromatic carbocycles. The first-order chi connectivity index (χ1) is 12.9. The Balaban J connectivity index is 1.73. The minimum absolute atomic E-state index is 0.148. The number of nitrogens with zero attached hydrogens (tertiary/aromatic N) is 1. The van der Waals surface area contributed by atoms with Crippen molar-refractivity contribution < 1.29 is 15.0 Å². The van der Waals surface area contributed by atoms with Crippen LogP contribution >= 0.6 is 23.2 Å². The van der Waals surface area contributed by atoms with Crippen molar-refractivity contribution in [2.24, 2.45) is 0 Å². The van der Waals surface area contributed by atoms with Gasteiger partial charge in [0.2, 0.25) is 5.91 Å². The Bertz CT molecular complexity index is 823. The highest BCUT2D eigenvalue weighted by Gasteiger charge is 2.22. The number of hydrogen-bond donors (Lipinski definition) is 3. The van der Waals surface area contributed by atoms with Gasteiger partial charge in [-0.3, -0.25) is 4.79 Å². The molecule has 144 valence electrons. The molecule has 3 N–H and O–H groups in total. The summed E-state index contributed by atoms with van der Waals surface area (Å²) in [5, 5.41) is 23.3. The van der Waals surface area contributed by atoms with Crippen LogP contribution in [0.3, 0.4) is 0 Å². The van der Waals surface area contributed by atoms with Gasteiger partial charge in [0.05, 0.1) is 22.5 Å². The smallest absolute Gasteiger partial charge is 0.224 e. The fourth-order valence-electron chi connectivity index (χ4n) is 3.30. The van der Waals surface area contributed by atoms with E-state index in [2.05, 4.69) is 10.2 Å². The lowest BCUT2D eigenvalue weighted by Crippen LogP contribution is -2.37. The van der Waals surface area contributed by atoms with Gasteiger partial charge in [0.1, 0.15) is 0 Å². The zero-order valence-corrected chi connectivity index (χ0v) is 16.3. The van der Waals surface area contributed by atoms with Crippen LogP contribution in [-0.2, 0) is 11.2 Å². The van der Waals surface area contributed by atoms with Gasteiger partial charge < -0.3 is 20.4 Å². The van der Waals surface area contributed by atoms with Crippen LogP contribution in [0.25, 0.3) is 0 Å². The van der Waals surface area contributed by atoms with Crippen molar-refractivity contribution in [3.05, 3.63) is 57.6 Å². The number of carbonyl (C=O) groups excluding carboxylic acids is 1. The number of phenolic OH excluding ortho intramolecular Hbond substituents is 2. The normalized spacial score (nSPS) is 15.6. The fourth-order valence-corrected chi connectivity index (χ4v) is 3.62. The molecule has 0 aromatic heterocycles. The molecule has 0 radical (unpaired) electrons. The number of halogens is 2. The Morgan fingerprint density at radius 2 is 1.78 bits per heavy atom. The van der Waals surface area contributed by atoms with Gasteiger partial charge in [-0.05, 0) is 61.3 Å². The molecule has 1 aliphatic rings. The van der Waals surface area contributed by atoms with Gasteiger partial charge in [-0.15, -0.1) is 0 Å². The summed E-state index contributed by atoms with van der Waals surface area (Å²) in [5.41, 5.74) is 1.52. The van der Waals surface area contributed by atoms with E-state index in [0.29, 0.717) is 16.6 Å². The Kier molecular flexibility index (Phi) is 6.47. The summed E-state index contributed by atoms with van der Waals surface area (Å²) in [6.45, 7) is 2.63. The maximum atomic E-state index is 12.6. The summed E-state index contributed by atoms with van der Waals surface area (Å²) >= 11 is 11.9. The molecule has 0 saturated carbocycles. The van der Waals surface area contributed by atoms with E-state index in [9.17, 15) is 15.0 Å². The van der Waals surface area contributed by atoms with E-state index in [1.54, 1.807) is 24.3 Å². The predicted octanol–water partition coefficient (Wildman–Crippen LogP) is 3.90. The number of likely N-dealkylation sites (tertiary alicyclic amines) is 1. The molecule has 1 heterocycles. The van der Waals surface area contributed by atoms with E-state index >= 15 is 0 Å². The second-order valence-electron chi connectivity index (χ2n) is 6.80. The number of nitrogens with one attached hydrogen (secondary N) is 1. The Morgan fingerprint density at radius 1 is 1.04 bits per heavy atom. The maximum absolute atomic E-state index is 12.6. The highest BCUT2D eigenvalue weighted by Crippen LogP contribution is 2.29. The standard InChI is InChI=1S/C20H22Cl2N2O3/c21-15-5-3-13(9-16(15)22)10-20(27)23-17(12-24-7-1-2-8-24)14-4-6-18(25)19(26)11-14/h3-6,9,11,17,25-26H,1-2,7-8,10,12H2,(H,23,27). The lowest BCUT2D eigenvalue weighted by atomic mass is 10.0. The van der Waals surface area contributed by atoms with Gasteiger partial charge in [0.25, 0.3) is 0 Å². The van der Waals surface area contributed by atoms with E-state index in [4.69, 9.17) is 23.2 Å². The highest BCUT2D eigenvalue weighted by atomic mass is 35.5. The molecule has 0 spiro atoms. The molecule has 1 unspecified atom stereocenters. The number of aromatic hydroxyl groups is 2. The average molecular weight is 409 g/mol. The topological polar surface area (TPSA) is 72.8 Å². The van der Waals surface area contributed by atoms with Crippen molar-refractivity contribution in [3.63, 3.8) is 0 Å². The fraction of sp³-hybridized carbons (Fsp3) is 0.350. The zero-order valence-electron chi connectivity index (χ0n) is 14.8. The summed E-state index contributed by atoms with van der Waals surface area (Å²) in [5.74, 6) is -0.524. The van der Waals surface area contributed by atoms with Crippen LogP contribution in [-0.4, -0.2) is 40.7 Å². The van der Waals surface area contributed by atoms with E-state index in [1.807, 2.05) is 0 Å². The second-order valence-corrected chi connectivity index (χ2v) is 7.62. The molecule has 1 atom stereocenters. The van der Waals surface area contributed by atoms with Gasteiger partial charge in [-0.2, -0.15) is 0 Å². The third-order valence-corrected chi connectivity index (χ3v) is 5.46. The lowest BCUT2D eigenvalue weighted by Gasteiger charge is -2.25. The number of carbonyl (C=O) groups is 1. The Labute approximate surface area is 168 Å². The summed E-state index contributed by atoms with van der Waals surface area (Å²) < 4.78 is 0. The van der Waals surface area contributed by atoms with Gasteiger partial charge in [-0.1, -0.05) is 35.3 Å². The van der Waals surface area contributed by atoms with Gasteiger partial charge in [0.15, 0.2) is 11.5 Å². The van der Waals surface area contributed by atoms with Gasteiger partial charge in [-0.25, -0.2) is 0 Å². The van der Waals surface area contributed by atoms with Gasteiger partial charge in [0, 0.05) is 6.54 Å². The third kappa shape index (κ3) is 5.28. The molecule has 3 rings (SSSR count). The van der Waals surface area contributed by atoms with E-state index in [-0.39, 0.29) is 29.9 Å². The average Bonchev–Trinajstić information content (AvgIpc) is 3.13. The molecule has 1 amide bonds. The number of rotatable bonds is 6. The molecule has 27 heavy (non-hydrogen) atoms. The minimum atomic E-state index is -0.287. The van der Waals surface area contributed by atoms with E-state index < -0.39 is 0 Å². The van der Waals surface area contributed by atoms with Crippen molar-refractivity contribution >= 4 is 29.1 Å². The summed E-state index contributed by atoms with van der Waals surface area (Å²) in [6.07, 6.45) is 2.47. The van der Waals surface area contributed by atoms with Crippen molar-refractivity contribution in [1.29, 1.82) is 0 Å². The van der Waals surface area contributed by atoms with Crippen molar-refractivity contribution in [2.45, 2.75) is 25.3 Å².